The Kier molecular flexibility index (Phi) is 8.59. The summed E-state index contributed by atoms with van der Waals surface area (Å²) in [5.74, 6) is 0.0518. The maximum Gasteiger partial charge on any atom is 0.303 e. The van der Waals surface area contributed by atoms with Gasteiger partial charge in [0, 0.05) is 18.3 Å². The third-order valence-corrected chi connectivity index (χ3v) is 5.01. The van der Waals surface area contributed by atoms with Crippen LogP contribution in [0.5, 0.6) is 0 Å². The number of unbranched alkanes of at least 4 members (excludes halogenated alkanes) is 1. The lowest BCUT2D eigenvalue weighted by molar-refractivity contribution is -0.137. The zero-order valence-corrected chi connectivity index (χ0v) is 15.5. The van der Waals surface area contributed by atoms with Gasteiger partial charge in [-0.2, -0.15) is 0 Å². The molecule has 0 aromatic heterocycles. The van der Waals surface area contributed by atoms with Gasteiger partial charge >= 0.3 is 5.97 Å². The van der Waals surface area contributed by atoms with Gasteiger partial charge in [-0.3, -0.25) is 4.79 Å². The Labute approximate surface area is 156 Å². The van der Waals surface area contributed by atoms with Gasteiger partial charge < -0.3 is 14.9 Å². The molecule has 1 aromatic carbocycles. The molecule has 0 amide bonds. The minimum atomic E-state index is -0.740. The molecule has 1 aromatic rings. The quantitative estimate of drug-likeness (QED) is 0.487. The molecule has 0 radical (unpaired) electrons. The van der Waals surface area contributed by atoms with Crippen LogP contribution in [0.25, 0.3) is 0 Å². The van der Waals surface area contributed by atoms with Crippen molar-refractivity contribution in [3.8, 4) is 0 Å². The summed E-state index contributed by atoms with van der Waals surface area (Å²) < 4.78 is 5.61. The van der Waals surface area contributed by atoms with Gasteiger partial charge in [-0.25, -0.2) is 0 Å². The molecule has 142 valence electrons. The summed E-state index contributed by atoms with van der Waals surface area (Å²) in [5, 5.41) is 19.1. The van der Waals surface area contributed by atoms with Gasteiger partial charge in [0.05, 0.1) is 19.3 Å². The molecular weight excluding hydrogens is 328 g/mol. The van der Waals surface area contributed by atoms with Crippen LogP contribution < -0.4 is 0 Å². The lowest BCUT2D eigenvalue weighted by Crippen LogP contribution is -2.15. The second-order valence-electron chi connectivity index (χ2n) is 7.03. The SMILES string of the molecule is CC(c1ccccc1)C(O)C=C[C@@H]1COC[C@@H]1CC=CCCCC(=O)O. The molecule has 2 unspecified atom stereocenters. The van der Waals surface area contributed by atoms with E-state index in [1.54, 1.807) is 0 Å². The predicted molar refractivity (Wildman–Crippen MR) is 103 cm³/mol. The van der Waals surface area contributed by atoms with E-state index in [4.69, 9.17) is 9.84 Å². The number of hydrogen-bond acceptors (Lipinski definition) is 3. The molecule has 2 N–H and O–H groups in total. The van der Waals surface area contributed by atoms with E-state index >= 15 is 0 Å². The van der Waals surface area contributed by atoms with E-state index in [0.717, 1.165) is 25.0 Å². The van der Waals surface area contributed by atoms with Crippen LogP contribution in [0.4, 0.5) is 0 Å². The number of ether oxygens (including phenoxy) is 1. The van der Waals surface area contributed by atoms with E-state index in [2.05, 4.69) is 18.2 Å². The monoisotopic (exact) mass is 358 g/mol. The number of hydrogen-bond donors (Lipinski definition) is 2. The van der Waals surface area contributed by atoms with Crippen molar-refractivity contribution >= 4 is 5.97 Å². The van der Waals surface area contributed by atoms with Crippen molar-refractivity contribution in [3.63, 3.8) is 0 Å². The van der Waals surface area contributed by atoms with Crippen molar-refractivity contribution in [2.75, 3.05) is 13.2 Å². The highest BCUT2D eigenvalue weighted by Crippen LogP contribution is 2.27. The van der Waals surface area contributed by atoms with Crippen LogP contribution in [-0.2, 0) is 9.53 Å². The standard InChI is InChI=1S/C22H30O4/c1-17(18-9-6-4-7-10-18)21(23)14-13-20-16-26-15-19(20)11-5-2-3-8-12-22(24)25/h2,4-7,9-10,13-14,17,19-21,23H,3,8,11-12,15-16H2,1H3,(H,24,25)/t17?,19-,20+,21?/m0/s1. The largest absolute Gasteiger partial charge is 0.481 e. The van der Waals surface area contributed by atoms with Gasteiger partial charge in [0.25, 0.3) is 0 Å². The molecule has 1 heterocycles. The van der Waals surface area contributed by atoms with Crippen molar-refractivity contribution < 1.29 is 19.7 Å². The summed E-state index contributed by atoms with van der Waals surface area (Å²) in [6, 6.07) is 10.0. The van der Waals surface area contributed by atoms with Crippen LogP contribution in [0, 0.1) is 11.8 Å². The molecule has 0 saturated carbocycles. The van der Waals surface area contributed by atoms with E-state index in [-0.39, 0.29) is 12.3 Å². The number of aliphatic hydroxyl groups is 1. The fourth-order valence-corrected chi connectivity index (χ4v) is 3.21. The second kappa shape index (κ2) is 10.9. The number of rotatable bonds is 10. The Morgan fingerprint density at radius 3 is 2.77 bits per heavy atom. The summed E-state index contributed by atoms with van der Waals surface area (Å²) in [7, 11) is 0. The predicted octanol–water partition coefficient (Wildman–Crippen LogP) is 4.17. The molecule has 4 nitrogen and oxygen atoms in total. The first-order valence-corrected chi connectivity index (χ1v) is 9.43. The average Bonchev–Trinajstić information content (AvgIpc) is 3.09. The minimum Gasteiger partial charge on any atom is -0.481 e. The Hall–Kier alpha value is -1.91. The van der Waals surface area contributed by atoms with E-state index in [0.29, 0.717) is 24.9 Å². The van der Waals surface area contributed by atoms with Crippen molar-refractivity contribution in [2.24, 2.45) is 11.8 Å². The number of carboxylic acid groups (broad SMARTS) is 1. The molecular formula is C22H30O4. The fraction of sp³-hybridized carbons (Fsp3) is 0.500. The molecule has 0 bridgehead atoms. The third-order valence-electron chi connectivity index (χ3n) is 5.01. The van der Waals surface area contributed by atoms with E-state index < -0.39 is 12.1 Å². The van der Waals surface area contributed by atoms with Crippen LogP contribution in [0.15, 0.2) is 54.6 Å². The van der Waals surface area contributed by atoms with E-state index in [1.807, 2.05) is 43.3 Å². The summed E-state index contributed by atoms with van der Waals surface area (Å²) in [4.78, 5) is 10.5. The average molecular weight is 358 g/mol. The van der Waals surface area contributed by atoms with Crippen molar-refractivity contribution in [2.45, 2.75) is 44.6 Å². The Bertz CT molecular complexity index is 593. The van der Waals surface area contributed by atoms with E-state index in [9.17, 15) is 9.90 Å². The summed E-state index contributed by atoms with van der Waals surface area (Å²) in [6.45, 7) is 3.46. The zero-order chi connectivity index (χ0) is 18.8. The maximum atomic E-state index is 10.5. The van der Waals surface area contributed by atoms with Crippen LogP contribution in [-0.4, -0.2) is 35.5 Å². The zero-order valence-electron chi connectivity index (χ0n) is 15.5. The molecule has 1 aliphatic rings. The molecule has 26 heavy (non-hydrogen) atoms. The smallest absolute Gasteiger partial charge is 0.303 e. The van der Waals surface area contributed by atoms with Crippen molar-refractivity contribution in [3.05, 3.63) is 60.2 Å². The number of aliphatic carboxylic acids is 1. The highest BCUT2D eigenvalue weighted by atomic mass is 16.5. The third kappa shape index (κ3) is 6.77. The molecule has 0 aliphatic carbocycles. The highest BCUT2D eigenvalue weighted by molar-refractivity contribution is 5.66. The molecule has 4 heteroatoms. The lowest BCUT2D eigenvalue weighted by Gasteiger charge is -2.17. The van der Waals surface area contributed by atoms with Gasteiger partial charge in [0.2, 0.25) is 0 Å². The minimum absolute atomic E-state index is 0.0577. The van der Waals surface area contributed by atoms with Crippen LogP contribution in [0.2, 0.25) is 0 Å². The van der Waals surface area contributed by atoms with Gasteiger partial charge in [0.1, 0.15) is 0 Å². The summed E-state index contributed by atoms with van der Waals surface area (Å²) >= 11 is 0. The summed E-state index contributed by atoms with van der Waals surface area (Å²) in [6.07, 6.45) is 10.3. The van der Waals surface area contributed by atoms with Gasteiger partial charge in [0.15, 0.2) is 0 Å². The number of benzene rings is 1. The lowest BCUT2D eigenvalue weighted by atomic mass is 9.90. The number of carbonyl (C=O) groups is 1. The highest BCUT2D eigenvalue weighted by Gasteiger charge is 2.25. The van der Waals surface area contributed by atoms with Crippen LogP contribution >= 0.6 is 0 Å². The maximum absolute atomic E-state index is 10.5. The normalized spacial score (nSPS) is 22.8. The van der Waals surface area contributed by atoms with Gasteiger partial charge in [-0.05, 0) is 30.7 Å². The first-order valence-electron chi connectivity index (χ1n) is 9.43. The number of aliphatic hydroxyl groups excluding tert-OH is 1. The number of allylic oxidation sites excluding steroid dienone is 2. The van der Waals surface area contributed by atoms with Crippen molar-refractivity contribution in [1.82, 2.24) is 0 Å². The molecule has 4 atom stereocenters. The number of carboxylic acids is 1. The second-order valence-corrected chi connectivity index (χ2v) is 7.03. The van der Waals surface area contributed by atoms with Crippen molar-refractivity contribution in [1.29, 1.82) is 0 Å². The Balaban J connectivity index is 1.79. The van der Waals surface area contributed by atoms with Crippen LogP contribution in [0.3, 0.4) is 0 Å². The summed E-state index contributed by atoms with van der Waals surface area (Å²) in [5.41, 5.74) is 1.13. The Morgan fingerprint density at radius 1 is 1.27 bits per heavy atom. The molecule has 1 aliphatic heterocycles. The first-order chi connectivity index (χ1) is 12.6. The van der Waals surface area contributed by atoms with Gasteiger partial charge in [-0.1, -0.05) is 61.6 Å². The molecule has 1 saturated heterocycles. The fourth-order valence-electron chi connectivity index (χ4n) is 3.21. The van der Waals surface area contributed by atoms with Gasteiger partial charge in [-0.15, -0.1) is 0 Å². The Morgan fingerprint density at radius 2 is 2.04 bits per heavy atom. The topological polar surface area (TPSA) is 66.8 Å². The molecule has 0 spiro atoms. The molecule has 2 rings (SSSR count). The molecule has 1 fully saturated rings. The first kappa shape index (κ1) is 20.4. The van der Waals surface area contributed by atoms with E-state index in [1.165, 1.54) is 0 Å². The van der Waals surface area contributed by atoms with Crippen LogP contribution in [0.1, 0.15) is 44.1 Å².